The van der Waals surface area contributed by atoms with E-state index in [1.165, 1.54) is 0 Å². The van der Waals surface area contributed by atoms with Crippen molar-refractivity contribution in [3.8, 4) is 5.75 Å². The average molecular weight is 273 g/mol. The van der Waals surface area contributed by atoms with Gasteiger partial charge >= 0.3 is 0 Å². The van der Waals surface area contributed by atoms with E-state index in [0.29, 0.717) is 6.42 Å². The standard InChI is InChI=1S/C14H19N5O/c1-9-7-16-12(10(2)14(9)20-3)6-13(19-15)11-4-5-17-18-8-11/h4-5,7-8,13,19H,6,15H2,1-3H3. The third kappa shape index (κ3) is 2.92. The zero-order chi connectivity index (χ0) is 14.5. The van der Waals surface area contributed by atoms with Crippen LogP contribution in [0.2, 0.25) is 0 Å². The van der Waals surface area contributed by atoms with Gasteiger partial charge in [-0.05, 0) is 25.5 Å². The Kier molecular flexibility index (Phi) is 4.60. The lowest BCUT2D eigenvalue weighted by Gasteiger charge is -2.18. The zero-order valence-electron chi connectivity index (χ0n) is 11.9. The van der Waals surface area contributed by atoms with Gasteiger partial charge in [0, 0.05) is 35.6 Å². The average Bonchev–Trinajstić information content (AvgIpc) is 2.48. The van der Waals surface area contributed by atoms with Gasteiger partial charge in [0.15, 0.2) is 0 Å². The minimum atomic E-state index is -0.0656. The van der Waals surface area contributed by atoms with Gasteiger partial charge < -0.3 is 4.74 Å². The summed E-state index contributed by atoms with van der Waals surface area (Å²) in [6.45, 7) is 3.99. The van der Waals surface area contributed by atoms with Crippen molar-refractivity contribution in [3.63, 3.8) is 0 Å². The Morgan fingerprint density at radius 3 is 2.70 bits per heavy atom. The zero-order valence-corrected chi connectivity index (χ0v) is 11.9. The van der Waals surface area contributed by atoms with Crippen LogP contribution in [0.1, 0.15) is 28.4 Å². The van der Waals surface area contributed by atoms with E-state index < -0.39 is 0 Å². The fourth-order valence-electron chi connectivity index (χ4n) is 2.25. The second kappa shape index (κ2) is 6.40. The van der Waals surface area contributed by atoms with Crippen LogP contribution in [-0.4, -0.2) is 22.3 Å². The minimum Gasteiger partial charge on any atom is -0.496 e. The van der Waals surface area contributed by atoms with Gasteiger partial charge in [-0.25, -0.2) is 0 Å². The Morgan fingerprint density at radius 2 is 2.10 bits per heavy atom. The van der Waals surface area contributed by atoms with Crippen LogP contribution in [0.3, 0.4) is 0 Å². The summed E-state index contributed by atoms with van der Waals surface area (Å²) in [7, 11) is 1.67. The monoisotopic (exact) mass is 273 g/mol. The van der Waals surface area contributed by atoms with E-state index in [1.807, 2.05) is 26.1 Å². The number of hydrogen-bond donors (Lipinski definition) is 2. The molecule has 106 valence electrons. The van der Waals surface area contributed by atoms with Crippen LogP contribution in [0, 0.1) is 13.8 Å². The Bertz CT molecular complexity index is 573. The van der Waals surface area contributed by atoms with Crippen molar-refractivity contribution in [1.29, 1.82) is 0 Å². The van der Waals surface area contributed by atoms with E-state index in [4.69, 9.17) is 10.6 Å². The van der Waals surface area contributed by atoms with Crippen molar-refractivity contribution in [1.82, 2.24) is 20.6 Å². The molecule has 1 atom stereocenters. The molecule has 2 rings (SSSR count). The molecule has 1 unspecified atom stereocenters. The SMILES string of the molecule is COc1c(C)cnc(CC(NN)c2ccnnc2)c1C. The number of aryl methyl sites for hydroxylation is 1. The van der Waals surface area contributed by atoms with E-state index >= 15 is 0 Å². The molecule has 0 fully saturated rings. The predicted molar refractivity (Wildman–Crippen MR) is 76.1 cm³/mol. The molecule has 0 bridgehead atoms. The molecule has 2 aromatic heterocycles. The molecule has 0 saturated heterocycles. The Labute approximate surface area is 118 Å². The number of nitrogens with two attached hydrogens (primary N) is 1. The number of hydrazine groups is 1. The van der Waals surface area contributed by atoms with Crippen LogP contribution in [-0.2, 0) is 6.42 Å². The van der Waals surface area contributed by atoms with Crippen LogP contribution in [0.5, 0.6) is 5.75 Å². The highest BCUT2D eigenvalue weighted by Crippen LogP contribution is 2.26. The van der Waals surface area contributed by atoms with Gasteiger partial charge in [-0.1, -0.05) is 0 Å². The number of ether oxygens (including phenoxy) is 1. The van der Waals surface area contributed by atoms with Crippen molar-refractivity contribution in [2.75, 3.05) is 7.11 Å². The summed E-state index contributed by atoms with van der Waals surface area (Å²) in [6, 6.07) is 1.82. The fraction of sp³-hybridized carbons (Fsp3) is 0.357. The minimum absolute atomic E-state index is 0.0656. The highest BCUT2D eigenvalue weighted by atomic mass is 16.5. The second-order valence-corrected chi connectivity index (χ2v) is 4.65. The second-order valence-electron chi connectivity index (χ2n) is 4.65. The molecule has 0 radical (unpaired) electrons. The van der Waals surface area contributed by atoms with Gasteiger partial charge in [-0.3, -0.25) is 16.3 Å². The molecular formula is C14H19N5O. The van der Waals surface area contributed by atoms with Crippen molar-refractivity contribution in [2.45, 2.75) is 26.3 Å². The molecule has 0 aliphatic rings. The van der Waals surface area contributed by atoms with Gasteiger partial charge in [0.25, 0.3) is 0 Å². The molecule has 6 heteroatoms. The molecule has 0 aliphatic heterocycles. The summed E-state index contributed by atoms with van der Waals surface area (Å²) < 4.78 is 5.42. The smallest absolute Gasteiger partial charge is 0.128 e. The van der Waals surface area contributed by atoms with Crippen LogP contribution in [0.15, 0.2) is 24.7 Å². The number of nitrogens with zero attached hydrogens (tertiary/aromatic N) is 3. The quantitative estimate of drug-likeness (QED) is 0.630. The van der Waals surface area contributed by atoms with Gasteiger partial charge in [-0.2, -0.15) is 10.2 Å². The van der Waals surface area contributed by atoms with Gasteiger partial charge in [0.2, 0.25) is 0 Å². The highest BCUT2D eigenvalue weighted by molar-refractivity contribution is 5.41. The lowest BCUT2D eigenvalue weighted by Crippen LogP contribution is -2.30. The van der Waals surface area contributed by atoms with Crippen molar-refractivity contribution in [3.05, 3.63) is 47.0 Å². The summed E-state index contributed by atoms with van der Waals surface area (Å²) in [4.78, 5) is 4.49. The van der Waals surface area contributed by atoms with E-state index in [9.17, 15) is 0 Å². The number of methoxy groups -OCH3 is 1. The van der Waals surface area contributed by atoms with E-state index in [-0.39, 0.29) is 6.04 Å². The summed E-state index contributed by atoms with van der Waals surface area (Å²) >= 11 is 0. The number of aromatic nitrogens is 3. The van der Waals surface area contributed by atoms with E-state index in [2.05, 4.69) is 20.6 Å². The molecule has 0 amide bonds. The summed E-state index contributed by atoms with van der Waals surface area (Å²) in [5.74, 6) is 6.52. The maximum Gasteiger partial charge on any atom is 0.128 e. The Hall–Kier alpha value is -2.05. The van der Waals surface area contributed by atoms with Crippen LogP contribution in [0.4, 0.5) is 0 Å². The molecule has 2 aromatic rings. The van der Waals surface area contributed by atoms with E-state index in [1.54, 1.807) is 19.5 Å². The number of pyridine rings is 1. The third-order valence-corrected chi connectivity index (χ3v) is 3.36. The lowest BCUT2D eigenvalue weighted by atomic mass is 10.0. The summed E-state index contributed by atoms with van der Waals surface area (Å²) in [5.41, 5.74) is 6.79. The topological polar surface area (TPSA) is 86.0 Å². The normalized spacial score (nSPS) is 12.2. The summed E-state index contributed by atoms with van der Waals surface area (Å²) in [5, 5.41) is 7.65. The first-order valence-electron chi connectivity index (χ1n) is 6.39. The van der Waals surface area contributed by atoms with E-state index in [0.717, 1.165) is 28.1 Å². The van der Waals surface area contributed by atoms with Gasteiger partial charge in [-0.15, -0.1) is 0 Å². The number of rotatable bonds is 5. The first-order chi connectivity index (χ1) is 9.67. The largest absolute Gasteiger partial charge is 0.496 e. The molecule has 6 nitrogen and oxygen atoms in total. The molecule has 3 N–H and O–H groups in total. The molecule has 0 saturated carbocycles. The highest BCUT2D eigenvalue weighted by Gasteiger charge is 2.16. The fourth-order valence-corrected chi connectivity index (χ4v) is 2.25. The van der Waals surface area contributed by atoms with Crippen LogP contribution >= 0.6 is 0 Å². The maximum absolute atomic E-state index is 5.65. The molecule has 0 spiro atoms. The van der Waals surface area contributed by atoms with Gasteiger partial charge in [0.1, 0.15) is 5.75 Å². The van der Waals surface area contributed by atoms with Gasteiger partial charge in [0.05, 0.1) is 19.3 Å². The van der Waals surface area contributed by atoms with Crippen molar-refractivity contribution in [2.24, 2.45) is 5.84 Å². The van der Waals surface area contributed by atoms with Crippen molar-refractivity contribution >= 4 is 0 Å². The molecule has 0 aromatic carbocycles. The van der Waals surface area contributed by atoms with Crippen LogP contribution < -0.4 is 16.0 Å². The molecule has 20 heavy (non-hydrogen) atoms. The first kappa shape index (κ1) is 14.4. The molecular weight excluding hydrogens is 254 g/mol. The maximum atomic E-state index is 5.65. The predicted octanol–water partition coefficient (Wildman–Crippen LogP) is 1.24. The molecule has 2 heterocycles. The Morgan fingerprint density at radius 1 is 1.30 bits per heavy atom. The Balaban J connectivity index is 2.29. The number of nitrogens with one attached hydrogen (secondary N) is 1. The first-order valence-corrected chi connectivity index (χ1v) is 6.39. The lowest BCUT2D eigenvalue weighted by molar-refractivity contribution is 0.406. The summed E-state index contributed by atoms with van der Waals surface area (Å²) in [6.07, 6.45) is 5.82. The third-order valence-electron chi connectivity index (χ3n) is 3.36. The van der Waals surface area contributed by atoms with Crippen molar-refractivity contribution < 1.29 is 4.74 Å². The number of hydrogen-bond acceptors (Lipinski definition) is 6. The van der Waals surface area contributed by atoms with Crippen LogP contribution in [0.25, 0.3) is 0 Å². The molecule has 0 aliphatic carbocycles.